The van der Waals surface area contributed by atoms with Crippen LogP contribution in [0.15, 0.2) is 17.5 Å². The first-order valence-corrected chi connectivity index (χ1v) is 6.66. The number of halogens is 1. The number of likely N-dealkylation sites (N-methyl/N-ethyl adjacent to an activating group) is 1. The Morgan fingerprint density at radius 2 is 2.41 bits per heavy atom. The van der Waals surface area contributed by atoms with Gasteiger partial charge in [0, 0.05) is 11.9 Å². The Hall–Kier alpha value is -0.580. The number of hydrogen-bond acceptors (Lipinski definition) is 3. The Bertz CT molecular complexity index is 336. The number of carbonyl (C=O) groups excluding carboxylic acids is 1. The van der Waals surface area contributed by atoms with Gasteiger partial charge in [-0.3, -0.25) is 4.79 Å². The quantitative estimate of drug-likeness (QED) is 0.917. The predicted molar refractivity (Wildman–Crippen MR) is 73.7 cm³/mol. The highest BCUT2D eigenvalue weighted by Crippen LogP contribution is 2.14. The summed E-state index contributed by atoms with van der Waals surface area (Å²) in [7, 11) is 1.89. The average Bonchev–Trinajstić information content (AvgIpc) is 2.82. The number of amides is 1. The van der Waals surface area contributed by atoms with Crippen LogP contribution in [0.4, 0.5) is 0 Å². The number of nitrogens with one attached hydrogen (secondary N) is 1. The summed E-state index contributed by atoms with van der Waals surface area (Å²) < 4.78 is 0. The number of piperidine rings is 1. The van der Waals surface area contributed by atoms with Crippen LogP contribution >= 0.6 is 23.7 Å². The SMILES string of the molecule is CN(Cc1cccs1)C(=O)C1CCCCN1.Cl. The van der Waals surface area contributed by atoms with Gasteiger partial charge in [0.15, 0.2) is 0 Å². The van der Waals surface area contributed by atoms with E-state index in [2.05, 4.69) is 11.4 Å². The Morgan fingerprint density at radius 3 is 3.00 bits per heavy atom. The normalized spacial score (nSPS) is 19.5. The molecule has 3 nitrogen and oxygen atoms in total. The molecule has 0 aromatic carbocycles. The first kappa shape index (κ1) is 14.5. The van der Waals surface area contributed by atoms with Gasteiger partial charge in [-0.25, -0.2) is 0 Å². The molecule has 1 amide bonds. The van der Waals surface area contributed by atoms with E-state index in [1.807, 2.05) is 23.4 Å². The number of rotatable bonds is 3. The van der Waals surface area contributed by atoms with Crippen molar-refractivity contribution in [1.29, 1.82) is 0 Å². The van der Waals surface area contributed by atoms with Crippen molar-refractivity contribution < 1.29 is 4.79 Å². The van der Waals surface area contributed by atoms with Gasteiger partial charge in [-0.2, -0.15) is 0 Å². The van der Waals surface area contributed by atoms with Gasteiger partial charge >= 0.3 is 0 Å². The summed E-state index contributed by atoms with van der Waals surface area (Å²) in [5.41, 5.74) is 0. The highest BCUT2D eigenvalue weighted by atomic mass is 35.5. The summed E-state index contributed by atoms with van der Waals surface area (Å²) in [6.07, 6.45) is 3.34. The maximum absolute atomic E-state index is 12.1. The molecule has 1 N–H and O–H groups in total. The van der Waals surface area contributed by atoms with E-state index in [4.69, 9.17) is 0 Å². The highest BCUT2D eigenvalue weighted by Gasteiger charge is 2.23. The molecule has 2 heterocycles. The predicted octanol–water partition coefficient (Wildman–Crippen LogP) is 2.27. The van der Waals surface area contributed by atoms with Crippen LogP contribution in [0.1, 0.15) is 24.1 Å². The molecule has 1 aliphatic rings. The van der Waals surface area contributed by atoms with Gasteiger partial charge in [0.2, 0.25) is 5.91 Å². The summed E-state index contributed by atoms with van der Waals surface area (Å²) >= 11 is 1.70. The average molecular weight is 275 g/mol. The second-order valence-electron chi connectivity index (χ2n) is 4.28. The minimum absolute atomic E-state index is 0. The molecule has 1 fully saturated rings. The molecule has 96 valence electrons. The van der Waals surface area contributed by atoms with Crippen molar-refractivity contribution >= 4 is 29.7 Å². The summed E-state index contributed by atoms with van der Waals surface area (Å²) in [4.78, 5) is 15.2. The van der Waals surface area contributed by atoms with Gasteiger partial charge in [0.25, 0.3) is 0 Å². The maximum atomic E-state index is 12.1. The van der Waals surface area contributed by atoms with Crippen LogP contribution in [-0.2, 0) is 11.3 Å². The van der Waals surface area contributed by atoms with E-state index in [0.717, 1.165) is 25.9 Å². The molecule has 1 aromatic rings. The van der Waals surface area contributed by atoms with Crippen LogP contribution in [0, 0.1) is 0 Å². The molecule has 5 heteroatoms. The van der Waals surface area contributed by atoms with Gasteiger partial charge < -0.3 is 10.2 Å². The Morgan fingerprint density at radius 1 is 1.59 bits per heavy atom. The minimum Gasteiger partial charge on any atom is -0.339 e. The monoisotopic (exact) mass is 274 g/mol. The van der Waals surface area contributed by atoms with E-state index >= 15 is 0 Å². The largest absolute Gasteiger partial charge is 0.339 e. The molecule has 1 unspecified atom stereocenters. The molecule has 1 aromatic heterocycles. The van der Waals surface area contributed by atoms with Crippen LogP contribution < -0.4 is 5.32 Å². The van der Waals surface area contributed by atoms with Crippen LogP contribution in [0.25, 0.3) is 0 Å². The molecular weight excluding hydrogens is 256 g/mol. The molecular formula is C12H19ClN2OS. The third-order valence-electron chi connectivity index (χ3n) is 2.96. The Kier molecular flexibility index (Phi) is 5.95. The Balaban J connectivity index is 0.00000144. The van der Waals surface area contributed by atoms with Crippen LogP contribution in [0.3, 0.4) is 0 Å². The maximum Gasteiger partial charge on any atom is 0.239 e. The van der Waals surface area contributed by atoms with Crippen molar-refractivity contribution in [3.05, 3.63) is 22.4 Å². The van der Waals surface area contributed by atoms with E-state index in [1.165, 1.54) is 11.3 Å². The zero-order chi connectivity index (χ0) is 11.4. The molecule has 1 saturated heterocycles. The van der Waals surface area contributed by atoms with Crippen molar-refractivity contribution in [3.8, 4) is 0 Å². The molecule has 17 heavy (non-hydrogen) atoms. The molecule has 0 saturated carbocycles. The first-order valence-electron chi connectivity index (χ1n) is 5.78. The molecule has 0 bridgehead atoms. The standard InChI is InChI=1S/C12H18N2OS.ClH/c1-14(9-10-5-4-8-16-10)12(15)11-6-2-3-7-13-11;/h4-5,8,11,13H,2-3,6-7,9H2,1H3;1H. The molecule has 0 spiro atoms. The number of carbonyl (C=O) groups is 1. The third-order valence-corrected chi connectivity index (χ3v) is 3.82. The number of nitrogens with zero attached hydrogens (tertiary/aromatic N) is 1. The second-order valence-corrected chi connectivity index (χ2v) is 5.31. The summed E-state index contributed by atoms with van der Waals surface area (Å²) in [6.45, 7) is 1.71. The number of thiophene rings is 1. The lowest BCUT2D eigenvalue weighted by Gasteiger charge is -2.27. The van der Waals surface area contributed by atoms with Gasteiger partial charge in [-0.15, -0.1) is 23.7 Å². The zero-order valence-corrected chi connectivity index (χ0v) is 11.6. The fraction of sp³-hybridized carbons (Fsp3) is 0.583. The van der Waals surface area contributed by atoms with E-state index < -0.39 is 0 Å². The van der Waals surface area contributed by atoms with E-state index in [-0.39, 0.29) is 24.4 Å². The molecule has 0 aliphatic carbocycles. The van der Waals surface area contributed by atoms with Crippen molar-refractivity contribution in [2.75, 3.05) is 13.6 Å². The lowest BCUT2D eigenvalue weighted by atomic mass is 10.0. The van der Waals surface area contributed by atoms with Crippen LogP contribution in [0.5, 0.6) is 0 Å². The van der Waals surface area contributed by atoms with E-state index in [9.17, 15) is 4.79 Å². The second kappa shape index (κ2) is 6.99. The zero-order valence-electron chi connectivity index (χ0n) is 10.0. The van der Waals surface area contributed by atoms with Gasteiger partial charge in [-0.05, 0) is 30.8 Å². The fourth-order valence-corrected chi connectivity index (χ4v) is 2.80. The summed E-state index contributed by atoms with van der Waals surface area (Å²) in [5.74, 6) is 0.230. The molecule has 1 atom stereocenters. The Labute approximate surface area is 113 Å². The van der Waals surface area contributed by atoms with Crippen molar-refractivity contribution in [3.63, 3.8) is 0 Å². The number of hydrogen-bond donors (Lipinski definition) is 1. The van der Waals surface area contributed by atoms with Gasteiger partial charge in [0.1, 0.15) is 0 Å². The van der Waals surface area contributed by atoms with Crippen LogP contribution in [0.2, 0.25) is 0 Å². The van der Waals surface area contributed by atoms with E-state index in [1.54, 1.807) is 11.3 Å². The lowest BCUT2D eigenvalue weighted by molar-refractivity contribution is -0.133. The topological polar surface area (TPSA) is 32.3 Å². The van der Waals surface area contributed by atoms with Gasteiger partial charge in [-0.1, -0.05) is 12.5 Å². The molecule has 1 aliphatic heterocycles. The third kappa shape index (κ3) is 3.98. The molecule has 2 rings (SSSR count). The van der Waals surface area contributed by atoms with Crippen LogP contribution in [-0.4, -0.2) is 30.4 Å². The van der Waals surface area contributed by atoms with Gasteiger partial charge in [0.05, 0.1) is 12.6 Å². The lowest BCUT2D eigenvalue weighted by Crippen LogP contribution is -2.46. The molecule has 0 radical (unpaired) electrons. The first-order chi connectivity index (χ1) is 7.77. The highest BCUT2D eigenvalue weighted by molar-refractivity contribution is 7.09. The van der Waals surface area contributed by atoms with Crippen molar-refractivity contribution in [2.45, 2.75) is 31.8 Å². The van der Waals surface area contributed by atoms with Crippen molar-refractivity contribution in [2.24, 2.45) is 0 Å². The summed E-state index contributed by atoms with van der Waals surface area (Å²) in [5, 5.41) is 5.34. The fourth-order valence-electron chi connectivity index (χ4n) is 2.04. The van der Waals surface area contributed by atoms with Crippen molar-refractivity contribution in [1.82, 2.24) is 10.2 Å². The summed E-state index contributed by atoms with van der Waals surface area (Å²) in [6, 6.07) is 4.14. The minimum atomic E-state index is 0. The van der Waals surface area contributed by atoms with E-state index in [0.29, 0.717) is 0 Å². The smallest absolute Gasteiger partial charge is 0.239 e.